The molecule has 0 aromatic rings. The molecule has 1 aliphatic rings. The molecule has 1 saturated carbocycles. The zero-order chi connectivity index (χ0) is 8.70. The van der Waals surface area contributed by atoms with Crippen molar-refractivity contribution in [3.8, 4) is 0 Å². The van der Waals surface area contributed by atoms with E-state index in [-0.39, 0.29) is 5.92 Å². The normalized spacial score (nSPS) is 22.2. The summed E-state index contributed by atoms with van der Waals surface area (Å²) < 4.78 is 25.8. The van der Waals surface area contributed by atoms with Gasteiger partial charge in [-0.25, -0.2) is 5.14 Å². The molecule has 0 aromatic heterocycles. The first-order valence-electron chi connectivity index (χ1n) is 3.59. The molecule has 0 heterocycles. The van der Waals surface area contributed by atoms with Gasteiger partial charge in [0.2, 0.25) is 0 Å². The molecule has 0 spiro atoms. The monoisotopic (exact) mass is 179 g/mol. The van der Waals surface area contributed by atoms with Crippen LogP contribution in [-0.4, -0.2) is 14.0 Å². The van der Waals surface area contributed by atoms with Gasteiger partial charge in [-0.15, -0.1) is 0 Å². The second-order valence-electron chi connectivity index (χ2n) is 3.30. The third-order valence-corrected chi connectivity index (χ3v) is 2.64. The summed E-state index contributed by atoms with van der Waals surface area (Å²) >= 11 is 0. The van der Waals surface area contributed by atoms with Gasteiger partial charge in [-0.2, -0.15) is 8.42 Å². The molecule has 1 rings (SSSR count). The quantitative estimate of drug-likeness (QED) is 0.681. The van der Waals surface area contributed by atoms with Gasteiger partial charge in [-0.1, -0.05) is 13.8 Å². The van der Waals surface area contributed by atoms with Gasteiger partial charge in [-0.05, 0) is 18.8 Å². The maximum Gasteiger partial charge on any atom is 0.333 e. The lowest BCUT2D eigenvalue weighted by Gasteiger charge is -2.17. The lowest BCUT2D eigenvalue weighted by Crippen LogP contribution is -2.29. The largest absolute Gasteiger partial charge is 0.333 e. The second-order valence-corrected chi connectivity index (χ2v) is 4.45. The molecule has 0 aliphatic heterocycles. The lowest BCUT2D eigenvalue weighted by molar-refractivity contribution is 0.135. The van der Waals surface area contributed by atoms with Crippen molar-refractivity contribution in [1.29, 1.82) is 0 Å². The van der Waals surface area contributed by atoms with Crippen molar-refractivity contribution in [3.05, 3.63) is 0 Å². The first kappa shape index (κ1) is 8.96. The zero-order valence-electron chi connectivity index (χ0n) is 6.70. The Labute approximate surface area is 67.0 Å². The van der Waals surface area contributed by atoms with Crippen molar-refractivity contribution in [2.75, 3.05) is 0 Å². The molecule has 0 radical (unpaired) electrons. The van der Waals surface area contributed by atoms with Crippen LogP contribution in [0.5, 0.6) is 0 Å². The molecule has 0 unspecified atom stereocenters. The zero-order valence-corrected chi connectivity index (χ0v) is 7.52. The third-order valence-electron chi connectivity index (χ3n) is 2.08. The Morgan fingerprint density at radius 3 is 2.00 bits per heavy atom. The Balaban J connectivity index is 2.63. The highest BCUT2D eigenvalue weighted by molar-refractivity contribution is 7.84. The topological polar surface area (TPSA) is 69.4 Å². The molecule has 0 amide bonds. The minimum absolute atomic E-state index is 0.209. The van der Waals surface area contributed by atoms with Crippen LogP contribution in [0.4, 0.5) is 0 Å². The minimum Gasteiger partial charge on any atom is -0.251 e. The lowest BCUT2D eigenvalue weighted by atomic mass is 10.1. The van der Waals surface area contributed by atoms with Crippen molar-refractivity contribution < 1.29 is 12.6 Å². The molecule has 66 valence electrons. The minimum atomic E-state index is -3.76. The first-order valence-corrected chi connectivity index (χ1v) is 5.06. The number of rotatable bonds is 3. The van der Waals surface area contributed by atoms with Gasteiger partial charge in [0, 0.05) is 0 Å². The summed E-state index contributed by atoms with van der Waals surface area (Å²) in [6.07, 6.45) is 1.59. The van der Waals surface area contributed by atoms with Crippen LogP contribution in [0.25, 0.3) is 0 Å². The van der Waals surface area contributed by atoms with Gasteiger partial charge in [-0.3, -0.25) is 4.18 Å². The maximum absolute atomic E-state index is 10.5. The average Bonchev–Trinajstić information content (AvgIpc) is 2.43. The standard InChI is InChI=1S/C6H13NO3S/c1-5(2)6(3-4-6)10-11(7,8)9/h5H,3-4H2,1-2H3,(H2,7,8,9). The molecular weight excluding hydrogens is 166 g/mol. The van der Waals surface area contributed by atoms with Crippen molar-refractivity contribution >= 4 is 10.3 Å². The average molecular weight is 179 g/mol. The fourth-order valence-corrected chi connectivity index (χ4v) is 1.93. The first-order chi connectivity index (χ1) is 4.86. The molecule has 5 heteroatoms. The molecule has 11 heavy (non-hydrogen) atoms. The van der Waals surface area contributed by atoms with Crippen LogP contribution < -0.4 is 5.14 Å². The number of hydrogen-bond donors (Lipinski definition) is 1. The molecule has 1 aliphatic carbocycles. The van der Waals surface area contributed by atoms with Crippen molar-refractivity contribution in [2.24, 2.45) is 11.1 Å². The highest BCUT2D eigenvalue weighted by Crippen LogP contribution is 2.46. The second kappa shape index (κ2) is 2.43. The van der Waals surface area contributed by atoms with E-state index in [4.69, 9.17) is 9.32 Å². The van der Waals surface area contributed by atoms with Crippen LogP contribution >= 0.6 is 0 Å². The molecular formula is C6H13NO3S. The van der Waals surface area contributed by atoms with Gasteiger partial charge in [0.1, 0.15) is 0 Å². The summed E-state index contributed by atoms with van der Waals surface area (Å²) in [5, 5.41) is 4.75. The summed E-state index contributed by atoms with van der Waals surface area (Å²) in [7, 11) is -3.76. The van der Waals surface area contributed by atoms with E-state index in [1.54, 1.807) is 0 Å². The highest BCUT2D eigenvalue weighted by Gasteiger charge is 2.49. The van der Waals surface area contributed by atoms with Crippen LogP contribution in [-0.2, 0) is 14.5 Å². The van der Waals surface area contributed by atoms with Crippen molar-refractivity contribution in [3.63, 3.8) is 0 Å². The highest BCUT2D eigenvalue weighted by atomic mass is 32.2. The van der Waals surface area contributed by atoms with Crippen molar-refractivity contribution in [2.45, 2.75) is 32.3 Å². The molecule has 0 saturated heterocycles. The maximum atomic E-state index is 10.5. The van der Waals surface area contributed by atoms with E-state index >= 15 is 0 Å². The Bertz CT molecular complexity index is 241. The van der Waals surface area contributed by atoms with Crippen LogP contribution in [0.3, 0.4) is 0 Å². The predicted octanol–water partition coefficient (Wildman–Crippen LogP) is 0.395. The molecule has 2 N–H and O–H groups in total. The summed E-state index contributed by atoms with van der Waals surface area (Å²) in [5.74, 6) is 0.209. The Kier molecular flexibility index (Phi) is 1.98. The van der Waals surface area contributed by atoms with E-state index in [9.17, 15) is 8.42 Å². The van der Waals surface area contributed by atoms with E-state index in [0.717, 1.165) is 12.8 Å². The van der Waals surface area contributed by atoms with E-state index in [2.05, 4.69) is 0 Å². The van der Waals surface area contributed by atoms with Gasteiger partial charge in [0.15, 0.2) is 0 Å². The summed E-state index contributed by atoms with van der Waals surface area (Å²) in [6.45, 7) is 3.86. The summed E-state index contributed by atoms with van der Waals surface area (Å²) in [5.41, 5.74) is -0.479. The molecule has 0 atom stereocenters. The van der Waals surface area contributed by atoms with Crippen LogP contribution in [0.15, 0.2) is 0 Å². The fourth-order valence-electron chi connectivity index (χ4n) is 1.11. The molecule has 1 fully saturated rings. The third kappa shape index (κ3) is 2.15. The summed E-state index contributed by atoms with van der Waals surface area (Å²) in [6, 6.07) is 0. The molecule has 0 bridgehead atoms. The van der Waals surface area contributed by atoms with Gasteiger partial charge in [0.05, 0.1) is 5.60 Å². The number of hydrogen-bond acceptors (Lipinski definition) is 3. The van der Waals surface area contributed by atoms with Crippen molar-refractivity contribution in [1.82, 2.24) is 0 Å². The smallest absolute Gasteiger partial charge is 0.251 e. The summed E-state index contributed by atoms with van der Waals surface area (Å²) in [4.78, 5) is 0. The Morgan fingerprint density at radius 2 is 1.91 bits per heavy atom. The van der Waals surface area contributed by atoms with Gasteiger partial charge >= 0.3 is 10.3 Å². The van der Waals surface area contributed by atoms with E-state index in [0.29, 0.717) is 0 Å². The van der Waals surface area contributed by atoms with E-state index in [1.807, 2.05) is 13.8 Å². The Morgan fingerprint density at radius 1 is 1.45 bits per heavy atom. The van der Waals surface area contributed by atoms with Crippen LogP contribution in [0.1, 0.15) is 26.7 Å². The van der Waals surface area contributed by atoms with E-state index in [1.165, 1.54) is 0 Å². The SMILES string of the molecule is CC(C)C1(OS(N)(=O)=O)CC1. The number of nitrogens with two attached hydrogens (primary N) is 1. The van der Waals surface area contributed by atoms with Crippen LogP contribution in [0, 0.1) is 5.92 Å². The Hall–Kier alpha value is -0.130. The molecule has 4 nitrogen and oxygen atoms in total. The predicted molar refractivity (Wildman–Crippen MR) is 41.0 cm³/mol. The van der Waals surface area contributed by atoms with E-state index < -0.39 is 15.9 Å². The molecule has 0 aromatic carbocycles. The van der Waals surface area contributed by atoms with Gasteiger partial charge in [0.25, 0.3) is 0 Å². The van der Waals surface area contributed by atoms with Crippen LogP contribution in [0.2, 0.25) is 0 Å². The van der Waals surface area contributed by atoms with Gasteiger partial charge < -0.3 is 0 Å². The fraction of sp³-hybridized carbons (Fsp3) is 1.00.